The summed E-state index contributed by atoms with van der Waals surface area (Å²) >= 11 is 0. The highest BCUT2D eigenvalue weighted by molar-refractivity contribution is 5.95. The summed E-state index contributed by atoms with van der Waals surface area (Å²) in [5, 5.41) is 18.6. The number of carbonyl (C=O) groups is 5. The minimum absolute atomic E-state index is 0.0332. The fourth-order valence-corrected chi connectivity index (χ4v) is 4.49. The molecule has 12 heteroatoms. The van der Waals surface area contributed by atoms with Crippen LogP contribution in [0.2, 0.25) is 0 Å². The van der Waals surface area contributed by atoms with Gasteiger partial charge in [0.2, 0.25) is 12.2 Å². The number of nitrogens with zero attached hydrogens (tertiary/aromatic N) is 1. The monoisotopic (exact) mass is 620 g/mol. The lowest BCUT2D eigenvalue weighted by molar-refractivity contribution is -0.166. The molecule has 1 aliphatic heterocycles. The highest BCUT2D eigenvalue weighted by Crippen LogP contribution is 2.22. The van der Waals surface area contributed by atoms with Gasteiger partial charge in [0.1, 0.15) is 5.54 Å². The third-order valence-electron chi connectivity index (χ3n) is 7.03. The topological polar surface area (TPSA) is 183 Å². The van der Waals surface area contributed by atoms with Gasteiger partial charge in [-0.2, -0.15) is 0 Å². The summed E-state index contributed by atoms with van der Waals surface area (Å²) in [5.41, 5.74) is 8.24. The molecule has 238 valence electrons. The minimum atomic E-state index is -2.22. The summed E-state index contributed by atoms with van der Waals surface area (Å²) in [6, 6.07) is 22.2. The van der Waals surface area contributed by atoms with E-state index < -0.39 is 41.6 Å². The van der Waals surface area contributed by atoms with Crippen LogP contribution in [0.5, 0.6) is 0 Å². The molecular weight excluding hydrogens is 584 g/mol. The van der Waals surface area contributed by atoms with Crippen molar-refractivity contribution in [2.45, 2.75) is 44.6 Å². The van der Waals surface area contributed by atoms with Crippen LogP contribution in [0, 0.1) is 13.8 Å². The Morgan fingerprint density at radius 1 is 0.778 bits per heavy atom. The van der Waals surface area contributed by atoms with Crippen LogP contribution < -0.4 is 5.73 Å². The Hall–Kier alpha value is -5.07. The van der Waals surface area contributed by atoms with Gasteiger partial charge in [-0.25, -0.2) is 19.2 Å². The SMILES string of the molecule is COC(=O)[C@@]1(N)CCN(Cc2ccccc2)C1.Cc1ccc(C(=O)OC(C(=O)O)C(OC(=O)c2ccc(C)cc2)C(=O)O)cc1. The molecule has 0 aromatic heterocycles. The Balaban J connectivity index is 0.000000276. The van der Waals surface area contributed by atoms with Crippen LogP contribution in [-0.4, -0.2) is 82.9 Å². The number of hydrogen-bond donors (Lipinski definition) is 3. The van der Waals surface area contributed by atoms with Gasteiger partial charge in [-0.05, 0) is 50.1 Å². The number of aryl methyl sites for hydroxylation is 2. The number of carbonyl (C=O) groups excluding carboxylic acids is 3. The van der Waals surface area contributed by atoms with Gasteiger partial charge in [-0.15, -0.1) is 0 Å². The molecule has 1 aliphatic rings. The van der Waals surface area contributed by atoms with Crippen molar-refractivity contribution in [1.82, 2.24) is 4.90 Å². The highest BCUT2D eigenvalue weighted by atomic mass is 16.6. The molecule has 3 atom stereocenters. The van der Waals surface area contributed by atoms with Crippen molar-refractivity contribution < 1.29 is 48.4 Å². The zero-order chi connectivity index (χ0) is 33.1. The second-order valence-electron chi connectivity index (χ2n) is 10.7. The van der Waals surface area contributed by atoms with E-state index in [0.29, 0.717) is 13.0 Å². The molecule has 2 unspecified atom stereocenters. The minimum Gasteiger partial charge on any atom is -0.478 e. The number of ether oxygens (including phenoxy) is 3. The van der Waals surface area contributed by atoms with E-state index in [4.69, 9.17) is 19.9 Å². The van der Waals surface area contributed by atoms with Crippen molar-refractivity contribution in [3.05, 3.63) is 107 Å². The number of rotatable bonds is 10. The first-order valence-electron chi connectivity index (χ1n) is 14.0. The Kier molecular flexibility index (Phi) is 11.9. The molecule has 0 radical (unpaired) electrons. The van der Waals surface area contributed by atoms with Crippen LogP contribution in [-0.2, 0) is 35.1 Å². The first-order chi connectivity index (χ1) is 21.3. The Bertz CT molecular complexity index is 1420. The molecule has 12 nitrogen and oxygen atoms in total. The number of methoxy groups -OCH3 is 1. The van der Waals surface area contributed by atoms with E-state index in [9.17, 15) is 34.2 Å². The number of carboxylic acids is 2. The molecular formula is C33H36N2O10. The van der Waals surface area contributed by atoms with Gasteiger partial charge in [0.15, 0.2) is 0 Å². The van der Waals surface area contributed by atoms with E-state index in [-0.39, 0.29) is 17.1 Å². The molecule has 1 fully saturated rings. The maximum absolute atomic E-state index is 12.2. The smallest absolute Gasteiger partial charge is 0.349 e. The summed E-state index contributed by atoms with van der Waals surface area (Å²) in [4.78, 5) is 61.1. The van der Waals surface area contributed by atoms with Gasteiger partial charge in [0, 0.05) is 19.6 Å². The molecule has 0 aliphatic carbocycles. The van der Waals surface area contributed by atoms with Crippen molar-refractivity contribution in [3.8, 4) is 0 Å². The van der Waals surface area contributed by atoms with Crippen molar-refractivity contribution in [1.29, 1.82) is 0 Å². The predicted octanol–water partition coefficient (Wildman–Crippen LogP) is 2.99. The summed E-state index contributed by atoms with van der Waals surface area (Å²) in [6.07, 6.45) is -3.78. The maximum Gasteiger partial charge on any atom is 0.349 e. The van der Waals surface area contributed by atoms with Gasteiger partial charge >= 0.3 is 29.8 Å². The van der Waals surface area contributed by atoms with Gasteiger partial charge in [0.05, 0.1) is 18.2 Å². The van der Waals surface area contributed by atoms with Crippen molar-refractivity contribution in [2.75, 3.05) is 20.2 Å². The lowest BCUT2D eigenvalue weighted by Crippen LogP contribution is -2.50. The van der Waals surface area contributed by atoms with Gasteiger partial charge in [-0.3, -0.25) is 9.69 Å². The molecule has 45 heavy (non-hydrogen) atoms. The van der Waals surface area contributed by atoms with E-state index in [2.05, 4.69) is 17.0 Å². The predicted molar refractivity (Wildman–Crippen MR) is 161 cm³/mol. The molecule has 0 amide bonds. The second kappa shape index (κ2) is 15.6. The number of carboxylic acid groups (broad SMARTS) is 2. The molecule has 4 N–H and O–H groups in total. The molecule has 0 spiro atoms. The molecule has 1 saturated heterocycles. The number of hydrogen-bond acceptors (Lipinski definition) is 10. The number of esters is 3. The van der Waals surface area contributed by atoms with Crippen molar-refractivity contribution in [2.24, 2.45) is 5.73 Å². The van der Waals surface area contributed by atoms with E-state index >= 15 is 0 Å². The number of benzene rings is 3. The average Bonchev–Trinajstić information content (AvgIpc) is 3.40. The quantitative estimate of drug-likeness (QED) is 0.223. The first kappa shape index (κ1) is 34.4. The van der Waals surface area contributed by atoms with Gasteiger partial charge in [-0.1, -0.05) is 65.7 Å². The average molecular weight is 621 g/mol. The highest BCUT2D eigenvalue weighted by Gasteiger charge is 2.42. The van der Waals surface area contributed by atoms with Crippen molar-refractivity contribution >= 4 is 29.8 Å². The molecule has 4 rings (SSSR count). The number of nitrogens with two attached hydrogens (primary N) is 1. The second-order valence-corrected chi connectivity index (χ2v) is 10.7. The summed E-state index contributed by atoms with van der Waals surface area (Å²) in [6.45, 7) is 5.81. The standard InChI is InChI=1S/C20H18O8.C13H18N2O2/c1-11-3-7-13(8-4-11)19(25)27-15(17(21)22)16(18(23)24)28-20(26)14-9-5-12(2)6-10-14;1-17-12(16)13(14)7-8-15(10-13)9-11-5-3-2-4-6-11/h3-10,15-16H,1-2H3,(H,21,22)(H,23,24);2-6H,7-10,14H2,1H3/t;13-/m.1/s1. The van der Waals surface area contributed by atoms with E-state index in [0.717, 1.165) is 24.2 Å². The summed E-state index contributed by atoms with van der Waals surface area (Å²) < 4.78 is 14.4. The van der Waals surface area contributed by atoms with Crippen LogP contribution in [0.1, 0.15) is 43.8 Å². The first-order valence-corrected chi connectivity index (χ1v) is 14.0. The lowest BCUT2D eigenvalue weighted by Gasteiger charge is -2.21. The number of aliphatic carboxylic acids is 2. The van der Waals surface area contributed by atoms with E-state index in [1.165, 1.54) is 36.9 Å². The van der Waals surface area contributed by atoms with E-state index in [1.807, 2.05) is 18.2 Å². The zero-order valence-electron chi connectivity index (χ0n) is 25.2. The van der Waals surface area contributed by atoms with Gasteiger partial charge in [0.25, 0.3) is 0 Å². The Labute approximate surface area is 260 Å². The third-order valence-corrected chi connectivity index (χ3v) is 7.03. The fraction of sp³-hybridized carbons (Fsp3) is 0.303. The Morgan fingerprint density at radius 2 is 1.22 bits per heavy atom. The van der Waals surface area contributed by atoms with Gasteiger partial charge < -0.3 is 30.2 Å². The maximum atomic E-state index is 12.2. The third kappa shape index (κ3) is 9.71. The fourth-order valence-electron chi connectivity index (χ4n) is 4.49. The Morgan fingerprint density at radius 3 is 1.62 bits per heavy atom. The molecule has 0 bridgehead atoms. The zero-order valence-corrected chi connectivity index (χ0v) is 25.2. The van der Waals surface area contributed by atoms with Crippen LogP contribution >= 0.6 is 0 Å². The lowest BCUT2D eigenvalue weighted by atomic mass is 10.0. The van der Waals surface area contributed by atoms with Crippen molar-refractivity contribution in [3.63, 3.8) is 0 Å². The van der Waals surface area contributed by atoms with Crippen LogP contribution in [0.4, 0.5) is 0 Å². The molecule has 3 aromatic carbocycles. The number of likely N-dealkylation sites (tertiary alicyclic amines) is 1. The molecule has 1 heterocycles. The largest absolute Gasteiger partial charge is 0.478 e. The summed E-state index contributed by atoms with van der Waals surface area (Å²) in [5.74, 6) is -5.93. The van der Waals surface area contributed by atoms with E-state index in [1.54, 1.807) is 38.1 Å². The normalized spacial score (nSPS) is 17.2. The van der Waals surface area contributed by atoms with Crippen LogP contribution in [0.3, 0.4) is 0 Å². The summed E-state index contributed by atoms with van der Waals surface area (Å²) in [7, 11) is 1.39. The van der Waals surface area contributed by atoms with Crippen LogP contribution in [0.15, 0.2) is 78.9 Å². The molecule has 0 saturated carbocycles. The molecule has 3 aromatic rings. The van der Waals surface area contributed by atoms with Crippen LogP contribution in [0.25, 0.3) is 0 Å².